The van der Waals surface area contributed by atoms with Gasteiger partial charge in [0, 0.05) is 80.5 Å². The number of hydrogen-bond acceptors (Lipinski definition) is 13. The molecule has 4 aromatic carbocycles. The van der Waals surface area contributed by atoms with Crippen molar-refractivity contribution in [3.05, 3.63) is 96.2 Å². The number of carbonyl (C=O) groups is 4. The molecule has 0 saturated carbocycles. The number of nitrogens with two attached hydrogens (primary N) is 2. The van der Waals surface area contributed by atoms with Gasteiger partial charge in [-0.25, -0.2) is 18.2 Å². The number of piperazine rings is 1. The number of aromatic nitrogens is 1. The van der Waals surface area contributed by atoms with Crippen LogP contribution >= 0.6 is 0 Å². The largest absolute Gasteiger partial charge is 0.496 e. The van der Waals surface area contributed by atoms with Gasteiger partial charge in [-0.1, -0.05) is 45.0 Å². The minimum Gasteiger partial charge on any atom is -0.496 e. The number of sulfonamides is 1. The molecule has 0 aliphatic carbocycles. The van der Waals surface area contributed by atoms with E-state index in [0.29, 0.717) is 96.5 Å². The molecule has 1 saturated heterocycles. The summed E-state index contributed by atoms with van der Waals surface area (Å²) in [5, 5.41) is 16.4. The lowest BCUT2D eigenvalue weighted by atomic mass is 9.86. The lowest BCUT2D eigenvalue weighted by Crippen LogP contribution is -2.50. The lowest BCUT2D eigenvalue weighted by molar-refractivity contribution is -0.139. The van der Waals surface area contributed by atoms with Crippen molar-refractivity contribution in [2.45, 2.75) is 51.5 Å². The smallest absolute Gasteiger partial charge is 0.324 e. The topological polar surface area (TPSA) is 261 Å². The Bertz CT molecular complexity index is 2770. The maximum absolute atomic E-state index is 13.4. The number of aliphatic carboxylic acids is 1. The Balaban J connectivity index is 1.12. The second-order valence-electron chi connectivity index (χ2n) is 17.3. The summed E-state index contributed by atoms with van der Waals surface area (Å²) in [4.78, 5) is 59.9. The Labute approximate surface area is 395 Å². The summed E-state index contributed by atoms with van der Waals surface area (Å²) < 4.78 is 45.2. The number of primary amides is 1. The predicted octanol–water partition coefficient (Wildman–Crippen LogP) is 6.13. The molecule has 1 aliphatic rings. The van der Waals surface area contributed by atoms with E-state index in [9.17, 15) is 27.6 Å². The lowest BCUT2D eigenvalue weighted by Gasteiger charge is -2.34. The number of carbonyl (C=O) groups excluding carboxylic acids is 3. The standard InChI is InChI=1S/C48H59N9O10S/c1-48(2,3)30-26-37(54-68(6,63)64)44(66-5)39(27-30)57(47(50)62)38-16-17-40(34-11-8-7-10-33(34)38)67-32-18-19-51-42(29-32)53-31-14-15-35(41(28-31)65-4)45(59)52-20-21-55-22-24-56(25-23-55)43(58)13-9-12-36(49)46(60)61/h7-8,10-11,14-19,26-29,36,54H,9,12-13,20-25,49H2,1-6H3,(H2,50,62)(H,51,53)(H,52,59)(H,60,61)/t36-/m1/s1. The number of carboxylic acids is 1. The maximum atomic E-state index is 13.4. The fourth-order valence-corrected chi connectivity index (χ4v) is 8.33. The molecule has 1 fully saturated rings. The molecular weight excluding hydrogens is 895 g/mol. The first-order chi connectivity index (χ1) is 32.3. The van der Waals surface area contributed by atoms with Crippen molar-refractivity contribution in [2.24, 2.45) is 11.5 Å². The van der Waals surface area contributed by atoms with Crippen molar-refractivity contribution in [1.29, 1.82) is 0 Å². The van der Waals surface area contributed by atoms with Crippen LogP contribution in [0.15, 0.2) is 85.1 Å². The zero-order chi connectivity index (χ0) is 49.3. The van der Waals surface area contributed by atoms with E-state index in [-0.39, 0.29) is 41.8 Å². The van der Waals surface area contributed by atoms with Crippen LogP contribution in [0.25, 0.3) is 10.8 Å². The van der Waals surface area contributed by atoms with Gasteiger partial charge in [-0.2, -0.15) is 0 Å². The van der Waals surface area contributed by atoms with Crippen LogP contribution in [0, 0.1) is 0 Å². The number of nitrogens with one attached hydrogen (secondary N) is 3. The Morgan fingerprint density at radius 2 is 1.62 bits per heavy atom. The second-order valence-corrected chi connectivity index (χ2v) is 19.1. The minimum atomic E-state index is -3.74. The molecule has 0 bridgehead atoms. The van der Waals surface area contributed by atoms with Gasteiger partial charge < -0.3 is 46.3 Å². The SMILES string of the molecule is COc1cc(Nc2cc(Oc3ccc(N(C(N)=O)c4cc(C(C)(C)C)cc(NS(C)(=O)=O)c4OC)c4ccccc34)ccn2)ccc1C(=O)NCCN1CCN(C(=O)CCC[C@@H](N)C(=O)O)CC1. The third-order valence-corrected chi connectivity index (χ3v) is 11.9. The molecule has 68 heavy (non-hydrogen) atoms. The van der Waals surface area contributed by atoms with Crippen LogP contribution in [0.4, 0.5) is 33.4 Å². The maximum Gasteiger partial charge on any atom is 0.324 e. The van der Waals surface area contributed by atoms with E-state index in [1.807, 2.05) is 45.0 Å². The molecular formula is C48H59N9O10S. The summed E-state index contributed by atoms with van der Waals surface area (Å²) in [6.45, 7) is 9.27. The number of rotatable bonds is 19. The Morgan fingerprint density at radius 1 is 0.897 bits per heavy atom. The summed E-state index contributed by atoms with van der Waals surface area (Å²) in [6.07, 6.45) is 3.54. The predicted molar refractivity (Wildman–Crippen MR) is 261 cm³/mol. The third kappa shape index (κ3) is 12.6. The molecule has 8 N–H and O–H groups in total. The van der Waals surface area contributed by atoms with E-state index in [1.165, 1.54) is 19.1 Å². The van der Waals surface area contributed by atoms with Crippen LogP contribution in [0.2, 0.25) is 0 Å². The monoisotopic (exact) mass is 953 g/mol. The van der Waals surface area contributed by atoms with Gasteiger partial charge in [0.15, 0.2) is 5.75 Å². The van der Waals surface area contributed by atoms with Gasteiger partial charge >= 0.3 is 12.0 Å². The molecule has 1 atom stereocenters. The highest BCUT2D eigenvalue weighted by Gasteiger charge is 2.29. The number of amides is 4. The molecule has 5 aromatic rings. The van der Waals surface area contributed by atoms with E-state index in [1.54, 1.807) is 65.7 Å². The minimum absolute atomic E-state index is 0.0180. The number of ether oxygens (including phenoxy) is 3. The van der Waals surface area contributed by atoms with Crippen molar-refractivity contribution in [3.63, 3.8) is 0 Å². The molecule has 19 nitrogen and oxygen atoms in total. The summed E-state index contributed by atoms with van der Waals surface area (Å²) >= 11 is 0. The van der Waals surface area contributed by atoms with E-state index in [4.69, 9.17) is 30.8 Å². The summed E-state index contributed by atoms with van der Waals surface area (Å²) in [5.74, 6) is 0.394. The van der Waals surface area contributed by atoms with Gasteiger partial charge in [-0.05, 0) is 66.3 Å². The van der Waals surface area contributed by atoms with E-state index in [2.05, 4.69) is 25.2 Å². The van der Waals surface area contributed by atoms with E-state index < -0.39 is 33.5 Å². The van der Waals surface area contributed by atoms with Crippen LogP contribution < -0.4 is 45.9 Å². The number of pyridine rings is 1. The first-order valence-corrected chi connectivity index (χ1v) is 23.8. The number of fused-ring (bicyclic) bond motifs is 1. The third-order valence-electron chi connectivity index (χ3n) is 11.3. The van der Waals surface area contributed by atoms with Crippen LogP contribution in [-0.4, -0.2) is 118 Å². The Kier molecular flexibility index (Phi) is 16.0. The van der Waals surface area contributed by atoms with Crippen molar-refractivity contribution in [3.8, 4) is 23.0 Å². The molecule has 362 valence electrons. The number of methoxy groups -OCH3 is 2. The van der Waals surface area contributed by atoms with E-state index in [0.717, 1.165) is 11.8 Å². The van der Waals surface area contributed by atoms with Crippen LogP contribution in [-0.2, 0) is 25.0 Å². The van der Waals surface area contributed by atoms with Crippen LogP contribution in [0.1, 0.15) is 56.0 Å². The van der Waals surface area contributed by atoms with Gasteiger partial charge in [0.1, 0.15) is 29.1 Å². The average Bonchev–Trinajstić information content (AvgIpc) is 3.28. The number of anilines is 5. The summed E-state index contributed by atoms with van der Waals surface area (Å²) in [7, 11) is -0.873. The van der Waals surface area contributed by atoms with Crippen molar-refractivity contribution in [2.75, 3.05) is 74.7 Å². The van der Waals surface area contributed by atoms with Crippen LogP contribution in [0.5, 0.6) is 23.0 Å². The van der Waals surface area contributed by atoms with Crippen molar-refractivity contribution < 1.29 is 46.9 Å². The van der Waals surface area contributed by atoms with Gasteiger partial charge in [0.25, 0.3) is 5.91 Å². The second kappa shape index (κ2) is 21.6. The number of benzene rings is 4. The highest BCUT2D eigenvalue weighted by atomic mass is 32.2. The number of carboxylic acid groups (broad SMARTS) is 1. The molecule has 0 spiro atoms. The Morgan fingerprint density at radius 3 is 2.26 bits per heavy atom. The molecule has 4 amide bonds. The zero-order valence-corrected chi connectivity index (χ0v) is 39.8. The molecule has 1 aliphatic heterocycles. The number of hydrogen-bond donors (Lipinski definition) is 6. The first-order valence-electron chi connectivity index (χ1n) is 21.9. The fraction of sp³-hybridized carbons (Fsp3) is 0.354. The molecule has 2 heterocycles. The normalized spacial score (nSPS) is 13.6. The molecule has 0 unspecified atom stereocenters. The molecule has 6 rings (SSSR count). The van der Waals surface area contributed by atoms with Gasteiger partial charge in [0.05, 0.1) is 43.1 Å². The van der Waals surface area contributed by atoms with Crippen molar-refractivity contribution >= 4 is 73.2 Å². The van der Waals surface area contributed by atoms with Crippen LogP contribution in [0.3, 0.4) is 0 Å². The molecule has 20 heteroatoms. The average molecular weight is 954 g/mol. The Hall–Kier alpha value is -7.16. The zero-order valence-electron chi connectivity index (χ0n) is 39.0. The summed E-state index contributed by atoms with van der Waals surface area (Å²) in [5.41, 5.74) is 13.6. The quantitative estimate of drug-likeness (QED) is 0.0544. The summed E-state index contributed by atoms with van der Waals surface area (Å²) in [6, 6.07) is 20.9. The van der Waals surface area contributed by atoms with Crippen molar-refractivity contribution in [1.82, 2.24) is 20.1 Å². The number of nitrogens with zero attached hydrogens (tertiary/aromatic N) is 4. The fourth-order valence-electron chi connectivity index (χ4n) is 7.78. The highest BCUT2D eigenvalue weighted by molar-refractivity contribution is 7.92. The van der Waals surface area contributed by atoms with Gasteiger partial charge in [0.2, 0.25) is 15.9 Å². The highest BCUT2D eigenvalue weighted by Crippen LogP contribution is 2.46. The van der Waals surface area contributed by atoms with E-state index >= 15 is 0 Å². The van der Waals surface area contributed by atoms with Gasteiger partial charge in [-0.15, -0.1) is 0 Å². The first kappa shape index (κ1) is 50.3. The molecule has 1 aromatic heterocycles. The van der Waals surface area contributed by atoms with Gasteiger partial charge in [-0.3, -0.25) is 28.9 Å². The molecule has 0 radical (unpaired) electrons. The number of urea groups is 1.